The molecule has 0 aromatic carbocycles. The van der Waals surface area contributed by atoms with Crippen LogP contribution in [-0.4, -0.2) is 49.2 Å². The predicted molar refractivity (Wildman–Crippen MR) is 66.9 cm³/mol. The molecule has 4 nitrogen and oxygen atoms in total. The van der Waals surface area contributed by atoms with E-state index in [0.29, 0.717) is 6.04 Å². The molecule has 0 bridgehead atoms. The summed E-state index contributed by atoms with van der Waals surface area (Å²) in [6, 6.07) is 0.361. The van der Waals surface area contributed by atoms with E-state index in [4.69, 9.17) is 4.74 Å². The quantitative estimate of drug-likeness (QED) is 0.801. The summed E-state index contributed by atoms with van der Waals surface area (Å²) in [7, 11) is 0. The summed E-state index contributed by atoms with van der Waals surface area (Å²) >= 11 is 0. The van der Waals surface area contributed by atoms with Crippen molar-refractivity contribution in [3.8, 4) is 0 Å². The molecule has 17 heavy (non-hydrogen) atoms. The molecule has 1 N–H and O–H groups in total. The van der Waals surface area contributed by atoms with Crippen molar-refractivity contribution in [1.82, 2.24) is 10.2 Å². The second kappa shape index (κ2) is 6.36. The molecule has 1 amide bonds. The minimum absolute atomic E-state index is 0.108. The Kier molecular flexibility index (Phi) is 4.80. The van der Waals surface area contributed by atoms with Crippen LogP contribution in [0.5, 0.6) is 0 Å². The molecule has 2 saturated heterocycles. The average Bonchev–Trinajstić information content (AvgIpc) is 2.86. The number of carbonyl (C=O) groups excluding carboxylic acids is 1. The maximum absolute atomic E-state index is 11.9. The van der Waals surface area contributed by atoms with Crippen LogP contribution in [0.25, 0.3) is 0 Å². The number of likely N-dealkylation sites (tertiary alicyclic amines) is 1. The van der Waals surface area contributed by atoms with Crippen LogP contribution in [0.4, 0.5) is 0 Å². The molecule has 1 atom stereocenters. The molecule has 4 heteroatoms. The van der Waals surface area contributed by atoms with Gasteiger partial charge in [-0.05, 0) is 38.6 Å². The number of ether oxygens (including phenoxy) is 1. The van der Waals surface area contributed by atoms with Crippen molar-refractivity contribution in [1.29, 1.82) is 0 Å². The first kappa shape index (κ1) is 12.8. The second-order valence-electron chi connectivity index (χ2n) is 5.13. The van der Waals surface area contributed by atoms with Gasteiger partial charge in [-0.1, -0.05) is 6.92 Å². The van der Waals surface area contributed by atoms with E-state index in [-0.39, 0.29) is 12.0 Å². The number of hydrogen-bond acceptors (Lipinski definition) is 3. The van der Waals surface area contributed by atoms with Gasteiger partial charge in [0, 0.05) is 25.7 Å². The van der Waals surface area contributed by atoms with Crippen LogP contribution in [0.15, 0.2) is 0 Å². The molecular formula is C13H24N2O2. The summed E-state index contributed by atoms with van der Waals surface area (Å²) in [5.74, 6) is 0.108. The molecule has 2 aliphatic heterocycles. The Hall–Kier alpha value is -0.610. The SMILES string of the molecule is CCCN1CCC(NC(=O)[C@@H]2CCCO2)CC1. The molecule has 0 spiro atoms. The van der Waals surface area contributed by atoms with E-state index in [1.807, 2.05) is 0 Å². The van der Waals surface area contributed by atoms with E-state index >= 15 is 0 Å². The van der Waals surface area contributed by atoms with Crippen LogP contribution in [0.3, 0.4) is 0 Å². The number of hydrogen-bond donors (Lipinski definition) is 1. The largest absolute Gasteiger partial charge is 0.368 e. The van der Waals surface area contributed by atoms with Gasteiger partial charge in [0.25, 0.3) is 0 Å². The van der Waals surface area contributed by atoms with Crippen molar-refractivity contribution in [2.45, 2.75) is 51.2 Å². The first-order chi connectivity index (χ1) is 8.29. The Morgan fingerprint density at radius 2 is 2.12 bits per heavy atom. The van der Waals surface area contributed by atoms with Crippen LogP contribution >= 0.6 is 0 Å². The third-order valence-electron chi connectivity index (χ3n) is 3.70. The molecule has 98 valence electrons. The maximum Gasteiger partial charge on any atom is 0.249 e. The fourth-order valence-corrected chi connectivity index (χ4v) is 2.70. The first-order valence-corrected chi connectivity index (χ1v) is 6.94. The Morgan fingerprint density at radius 3 is 2.71 bits per heavy atom. The molecule has 2 fully saturated rings. The third-order valence-corrected chi connectivity index (χ3v) is 3.70. The highest BCUT2D eigenvalue weighted by molar-refractivity contribution is 5.81. The van der Waals surface area contributed by atoms with Crippen molar-refractivity contribution in [2.24, 2.45) is 0 Å². The van der Waals surface area contributed by atoms with Gasteiger partial charge in [-0.3, -0.25) is 4.79 Å². The first-order valence-electron chi connectivity index (χ1n) is 6.94. The van der Waals surface area contributed by atoms with E-state index in [2.05, 4.69) is 17.1 Å². The molecule has 2 rings (SSSR count). The molecule has 0 radical (unpaired) electrons. The standard InChI is InChI=1S/C13H24N2O2/c1-2-7-15-8-5-11(6-9-15)14-13(16)12-4-3-10-17-12/h11-12H,2-10H2,1H3,(H,14,16)/t12-/m0/s1. The highest BCUT2D eigenvalue weighted by Gasteiger charge is 2.27. The normalized spacial score (nSPS) is 27.2. The number of rotatable bonds is 4. The lowest BCUT2D eigenvalue weighted by Crippen LogP contribution is -2.47. The molecule has 2 heterocycles. The van der Waals surface area contributed by atoms with Crippen LogP contribution in [0, 0.1) is 0 Å². The highest BCUT2D eigenvalue weighted by atomic mass is 16.5. The maximum atomic E-state index is 11.9. The van der Waals surface area contributed by atoms with E-state index < -0.39 is 0 Å². The molecule has 0 aromatic rings. The van der Waals surface area contributed by atoms with E-state index in [9.17, 15) is 4.79 Å². The van der Waals surface area contributed by atoms with E-state index in [1.54, 1.807) is 0 Å². The minimum Gasteiger partial charge on any atom is -0.368 e. The van der Waals surface area contributed by atoms with Crippen LogP contribution in [-0.2, 0) is 9.53 Å². The van der Waals surface area contributed by atoms with E-state index in [1.165, 1.54) is 13.0 Å². The number of carbonyl (C=O) groups is 1. The predicted octanol–water partition coefficient (Wildman–Crippen LogP) is 1.16. The van der Waals surface area contributed by atoms with Crippen LogP contribution in [0.2, 0.25) is 0 Å². The van der Waals surface area contributed by atoms with Gasteiger partial charge in [0.2, 0.25) is 5.91 Å². The molecule has 0 aromatic heterocycles. The summed E-state index contributed by atoms with van der Waals surface area (Å²) < 4.78 is 5.39. The zero-order chi connectivity index (χ0) is 12.1. The lowest BCUT2D eigenvalue weighted by atomic mass is 10.0. The van der Waals surface area contributed by atoms with Gasteiger partial charge in [0.05, 0.1) is 0 Å². The molecule has 0 aliphatic carbocycles. The molecule has 2 aliphatic rings. The minimum atomic E-state index is -0.177. The van der Waals surface area contributed by atoms with Gasteiger partial charge in [-0.15, -0.1) is 0 Å². The van der Waals surface area contributed by atoms with Gasteiger partial charge in [0.15, 0.2) is 0 Å². The summed E-state index contributed by atoms with van der Waals surface area (Å²) in [6.07, 6.45) is 5.11. The monoisotopic (exact) mass is 240 g/mol. The lowest BCUT2D eigenvalue weighted by molar-refractivity contribution is -0.131. The zero-order valence-electron chi connectivity index (χ0n) is 10.8. The second-order valence-corrected chi connectivity index (χ2v) is 5.13. The summed E-state index contributed by atoms with van der Waals surface area (Å²) in [4.78, 5) is 14.4. The molecule has 0 saturated carbocycles. The fourth-order valence-electron chi connectivity index (χ4n) is 2.70. The Balaban J connectivity index is 1.68. The Morgan fingerprint density at radius 1 is 1.35 bits per heavy atom. The van der Waals surface area contributed by atoms with Gasteiger partial charge in [-0.2, -0.15) is 0 Å². The third kappa shape index (κ3) is 3.68. The van der Waals surface area contributed by atoms with Gasteiger partial charge >= 0.3 is 0 Å². The van der Waals surface area contributed by atoms with Crippen LogP contribution < -0.4 is 5.32 Å². The number of nitrogens with one attached hydrogen (secondary N) is 1. The number of amides is 1. The summed E-state index contributed by atoms with van der Waals surface area (Å²) in [6.45, 7) is 6.37. The average molecular weight is 240 g/mol. The van der Waals surface area contributed by atoms with Crippen molar-refractivity contribution in [3.63, 3.8) is 0 Å². The van der Waals surface area contributed by atoms with Gasteiger partial charge in [-0.25, -0.2) is 0 Å². The van der Waals surface area contributed by atoms with E-state index in [0.717, 1.165) is 45.4 Å². The number of nitrogens with zero attached hydrogens (tertiary/aromatic N) is 1. The summed E-state index contributed by atoms with van der Waals surface area (Å²) in [5.41, 5.74) is 0. The van der Waals surface area contributed by atoms with Crippen molar-refractivity contribution >= 4 is 5.91 Å². The lowest BCUT2D eigenvalue weighted by Gasteiger charge is -2.32. The Labute approximate surface area is 104 Å². The van der Waals surface area contributed by atoms with Crippen molar-refractivity contribution in [2.75, 3.05) is 26.2 Å². The van der Waals surface area contributed by atoms with Gasteiger partial charge < -0.3 is 15.0 Å². The zero-order valence-corrected chi connectivity index (χ0v) is 10.8. The van der Waals surface area contributed by atoms with Crippen molar-refractivity contribution in [3.05, 3.63) is 0 Å². The Bertz CT molecular complexity index is 244. The summed E-state index contributed by atoms with van der Waals surface area (Å²) in [5, 5.41) is 3.13. The van der Waals surface area contributed by atoms with Gasteiger partial charge in [0.1, 0.15) is 6.10 Å². The molecule has 0 unspecified atom stereocenters. The smallest absolute Gasteiger partial charge is 0.249 e. The van der Waals surface area contributed by atoms with Crippen molar-refractivity contribution < 1.29 is 9.53 Å². The highest BCUT2D eigenvalue weighted by Crippen LogP contribution is 2.14. The fraction of sp³-hybridized carbons (Fsp3) is 0.923. The topological polar surface area (TPSA) is 41.6 Å². The number of piperidine rings is 1. The van der Waals surface area contributed by atoms with Crippen LogP contribution in [0.1, 0.15) is 39.0 Å². The molecular weight excluding hydrogens is 216 g/mol.